The normalized spacial score (nSPS) is 12.7. The van der Waals surface area contributed by atoms with Crippen molar-refractivity contribution >= 4 is 27.1 Å². The van der Waals surface area contributed by atoms with Gasteiger partial charge in [0.25, 0.3) is 5.56 Å². The molecule has 0 aliphatic rings. The average Bonchev–Trinajstić information content (AvgIpc) is 3.01. The largest absolute Gasteiger partial charge is 0.381 e. The van der Waals surface area contributed by atoms with Gasteiger partial charge in [0, 0.05) is 42.2 Å². The number of rotatable bonds is 14. The van der Waals surface area contributed by atoms with Gasteiger partial charge >= 0.3 is 0 Å². The molecule has 0 saturated heterocycles. The molecule has 0 aromatic carbocycles. The van der Waals surface area contributed by atoms with Gasteiger partial charge in [0.05, 0.1) is 23.7 Å². The first-order valence-corrected chi connectivity index (χ1v) is 18.7. The lowest BCUT2D eigenvalue weighted by molar-refractivity contribution is 0.0752. The Kier molecular flexibility index (Phi) is 9.69. The summed E-state index contributed by atoms with van der Waals surface area (Å²) in [6.07, 6.45) is 4.45. The first-order chi connectivity index (χ1) is 14.5. The summed E-state index contributed by atoms with van der Waals surface area (Å²) in [5.41, 5.74) is 1.67. The fourth-order valence-corrected chi connectivity index (χ4v) is 4.62. The standard InChI is InChI=1S/C22H41N3O4Si2/c1-8-27-10-9-19-16-24(17-28-11-13-30(2,3)4)20-15-23-25(22(26)21(19)20)18-29-12-14-31(5,6)7/h15-16H,8-14,17-18H2,1-7H3. The van der Waals surface area contributed by atoms with E-state index in [4.69, 9.17) is 14.2 Å². The first kappa shape index (κ1) is 26.0. The van der Waals surface area contributed by atoms with Crippen LogP contribution in [0.5, 0.6) is 0 Å². The van der Waals surface area contributed by atoms with Crippen LogP contribution >= 0.6 is 0 Å². The Bertz CT molecular complexity index is 882. The number of nitrogens with zero attached hydrogens (tertiary/aromatic N) is 3. The zero-order chi connectivity index (χ0) is 23.1. The van der Waals surface area contributed by atoms with Crippen molar-refractivity contribution in [3.8, 4) is 0 Å². The van der Waals surface area contributed by atoms with E-state index in [-0.39, 0.29) is 12.3 Å². The first-order valence-electron chi connectivity index (χ1n) is 11.3. The van der Waals surface area contributed by atoms with Crippen LogP contribution in [0.3, 0.4) is 0 Å². The van der Waals surface area contributed by atoms with Gasteiger partial charge in [0.1, 0.15) is 13.5 Å². The Morgan fingerprint density at radius 1 is 0.903 bits per heavy atom. The van der Waals surface area contributed by atoms with Gasteiger partial charge in [-0.15, -0.1) is 0 Å². The molecule has 0 fully saturated rings. The average molecular weight is 468 g/mol. The van der Waals surface area contributed by atoms with Crippen LogP contribution in [0.2, 0.25) is 51.4 Å². The number of aromatic nitrogens is 3. The van der Waals surface area contributed by atoms with Gasteiger partial charge in [0.15, 0.2) is 0 Å². The molecule has 0 atom stereocenters. The van der Waals surface area contributed by atoms with Gasteiger partial charge in [0.2, 0.25) is 0 Å². The minimum absolute atomic E-state index is 0.113. The van der Waals surface area contributed by atoms with Crippen LogP contribution < -0.4 is 5.56 Å². The van der Waals surface area contributed by atoms with Crippen LogP contribution in [-0.2, 0) is 34.1 Å². The summed E-state index contributed by atoms with van der Waals surface area (Å²) in [6.45, 7) is 19.2. The number of ether oxygens (including phenoxy) is 3. The lowest BCUT2D eigenvalue weighted by Crippen LogP contribution is -2.26. The topological polar surface area (TPSA) is 67.5 Å². The Hall–Kier alpha value is -1.27. The third kappa shape index (κ3) is 8.65. The quantitative estimate of drug-likeness (QED) is 0.304. The second-order valence-corrected chi connectivity index (χ2v) is 21.7. The predicted molar refractivity (Wildman–Crippen MR) is 132 cm³/mol. The van der Waals surface area contributed by atoms with Crippen LogP contribution in [0.4, 0.5) is 0 Å². The number of hydrogen-bond acceptors (Lipinski definition) is 5. The van der Waals surface area contributed by atoms with E-state index >= 15 is 0 Å². The van der Waals surface area contributed by atoms with Crippen molar-refractivity contribution in [2.45, 2.75) is 78.2 Å². The lowest BCUT2D eigenvalue weighted by atomic mass is 10.2. The molecule has 31 heavy (non-hydrogen) atoms. The van der Waals surface area contributed by atoms with Gasteiger partial charge in [-0.2, -0.15) is 5.10 Å². The summed E-state index contributed by atoms with van der Waals surface area (Å²) in [5, 5.41) is 5.06. The zero-order valence-electron chi connectivity index (χ0n) is 20.5. The molecule has 0 N–H and O–H groups in total. The van der Waals surface area contributed by atoms with Crippen molar-refractivity contribution in [1.29, 1.82) is 0 Å². The molecule has 2 heterocycles. The Morgan fingerprint density at radius 2 is 1.52 bits per heavy atom. The van der Waals surface area contributed by atoms with Crippen LogP contribution in [-0.4, -0.2) is 56.9 Å². The minimum atomic E-state index is -1.17. The molecule has 9 heteroatoms. The SMILES string of the molecule is CCOCCc1cn(COCC[Si](C)(C)C)c2cnn(COCC[Si](C)(C)C)c(=O)c12. The van der Waals surface area contributed by atoms with Crippen molar-refractivity contribution in [2.24, 2.45) is 0 Å². The Labute approximate surface area is 188 Å². The molecule has 0 aliphatic heterocycles. The Balaban J connectivity index is 2.18. The summed E-state index contributed by atoms with van der Waals surface area (Å²) < 4.78 is 20.6. The van der Waals surface area contributed by atoms with E-state index in [1.807, 2.05) is 17.7 Å². The molecule has 7 nitrogen and oxygen atoms in total. The molecule has 176 valence electrons. The van der Waals surface area contributed by atoms with E-state index in [1.165, 1.54) is 4.68 Å². The molecule has 0 saturated carbocycles. The molecule has 2 rings (SSSR count). The van der Waals surface area contributed by atoms with Gasteiger partial charge in [-0.1, -0.05) is 39.3 Å². The van der Waals surface area contributed by atoms with E-state index in [1.54, 1.807) is 6.20 Å². The molecule has 0 amide bonds. The van der Waals surface area contributed by atoms with Gasteiger partial charge in [-0.3, -0.25) is 4.79 Å². The van der Waals surface area contributed by atoms with Gasteiger partial charge < -0.3 is 18.8 Å². The second-order valence-electron chi connectivity index (χ2n) is 10.5. The van der Waals surface area contributed by atoms with Crippen LogP contribution in [0.25, 0.3) is 10.9 Å². The highest BCUT2D eigenvalue weighted by Crippen LogP contribution is 2.19. The van der Waals surface area contributed by atoms with Crippen LogP contribution in [0, 0.1) is 0 Å². The maximum Gasteiger partial charge on any atom is 0.278 e. The number of hydrogen-bond donors (Lipinski definition) is 0. The van der Waals surface area contributed by atoms with Crippen LogP contribution in [0.15, 0.2) is 17.2 Å². The molecule has 0 bridgehead atoms. The minimum Gasteiger partial charge on any atom is -0.381 e. The Morgan fingerprint density at radius 3 is 2.10 bits per heavy atom. The van der Waals surface area contributed by atoms with Crippen molar-refractivity contribution in [1.82, 2.24) is 14.3 Å². The van der Waals surface area contributed by atoms with E-state index in [0.717, 1.165) is 29.8 Å². The third-order valence-corrected chi connectivity index (χ3v) is 8.53. The highest BCUT2D eigenvalue weighted by Gasteiger charge is 2.17. The van der Waals surface area contributed by atoms with Crippen molar-refractivity contribution in [2.75, 3.05) is 26.4 Å². The molecule has 2 aromatic heterocycles. The molecular formula is C22H41N3O4Si2. The summed E-state index contributed by atoms with van der Waals surface area (Å²) in [7, 11) is -2.30. The van der Waals surface area contributed by atoms with E-state index in [0.29, 0.717) is 38.4 Å². The highest BCUT2D eigenvalue weighted by molar-refractivity contribution is 6.76. The smallest absolute Gasteiger partial charge is 0.278 e. The van der Waals surface area contributed by atoms with Crippen LogP contribution in [0.1, 0.15) is 12.5 Å². The lowest BCUT2D eigenvalue weighted by Gasteiger charge is -2.16. The van der Waals surface area contributed by atoms with Crippen molar-refractivity contribution in [3.63, 3.8) is 0 Å². The highest BCUT2D eigenvalue weighted by atomic mass is 28.3. The molecule has 0 aliphatic carbocycles. The van der Waals surface area contributed by atoms with Crippen molar-refractivity contribution in [3.05, 3.63) is 28.3 Å². The molecule has 0 spiro atoms. The molecule has 2 aromatic rings. The maximum atomic E-state index is 13.2. The summed E-state index contributed by atoms with van der Waals surface area (Å²) in [6, 6.07) is 2.18. The molecule has 0 unspecified atom stereocenters. The fourth-order valence-electron chi connectivity index (χ4n) is 3.11. The number of fused-ring (bicyclic) bond motifs is 1. The van der Waals surface area contributed by atoms with Gasteiger partial charge in [-0.25, -0.2) is 4.68 Å². The fraction of sp³-hybridized carbons (Fsp3) is 0.727. The molecule has 0 radical (unpaired) electrons. The zero-order valence-corrected chi connectivity index (χ0v) is 22.5. The maximum absolute atomic E-state index is 13.2. The van der Waals surface area contributed by atoms with E-state index < -0.39 is 16.1 Å². The monoisotopic (exact) mass is 467 g/mol. The van der Waals surface area contributed by atoms with E-state index in [9.17, 15) is 4.79 Å². The van der Waals surface area contributed by atoms with Gasteiger partial charge in [-0.05, 0) is 31.0 Å². The van der Waals surface area contributed by atoms with E-state index in [2.05, 4.69) is 44.4 Å². The summed E-state index contributed by atoms with van der Waals surface area (Å²) in [5.74, 6) is 0. The molecular weight excluding hydrogens is 426 g/mol. The second kappa shape index (κ2) is 11.6. The van der Waals surface area contributed by atoms with Crippen molar-refractivity contribution < 1.29 is 14.2 Å². The third-order valence-electron chi connectivity index (χ3n) is 5.12. The summed E-state index contributed by atoms with van der Waals surface area (Å²) in [4.78, 5) is 13.2. The summed E-state index contributed by atoms with van der Waals surface area (Å²) >= 11 is 0. The predicted octanol–water partition coefficient (Wildman–Crippen LogP) is 4.40.